The van der Waals surface area contributed by atoms with Crippen LogP contribution in [0.25, 0.3) is 0 Å². The van der Waals surface area contributed by atoms with E-state index in [0.717, 1.165) is 68.0 Å². The summed E-state index contributed by atoms with van der Waals surface area (Å²) in [7, 11) is 3.94. The van der Waals surface area contributed by atoms with E-state index in [1.165, 1.54) is 6.21 Å². The number of carbonyl (C=O) groups excluding carboxylic acids is 1. The minimum atomic E-state index is 0.0805. The monoisotopic (exact) mass is 479 g/mol. The van der Waals surface area contributed by atoms with Gasteiger partial charge in [0.15, 0.2) is 6.29 Å². The number of piperidine rings is 1. The van der Waals surface area contributed by atoms with Gasteiger partial charge in [0, 0.05) is 57.6 Å². The molecule has 1 saturated carbocycles. The number of hydrogen-bond donors (Lipinski definition) is 0. The first-order valence-electron chi connectivity index (χ1n) is 12.3. The smallest absolute Gasteiger partial charge is 0.216 e. The molecule has 0 amide bonds. The third kappa shape index (κ3) is 5.40. The first kappa shape index (κ1) is 23.5. The Hall–Kier alpha value is -3.20. The number of aryl methyl sites for hydroxylation is 1. The number of carbonyl (C=O) groups is 1. The molecule has 0 N–H and O–H groups in total. The summed E-state index contributed by atoms with van der Waals surface area (Å²) >= 11 is 0. The summed E-state index contributed by atoms with van der Waals surface area (Å²) in [4.78, 5) is 28.3. The lowest BCUT2D eigenvalue weighted by Crippen LogP contribution is -2.57. The molecule has 0 spiro atoms. The minimum Gasteiger partial charge on any atom is -0.488 e. The van der Waals surface area contributed by atoms with Crippen molar-refractivity contribution in [2.45, 2.75) is 63.4 Å². The van der Waals surface area contributed by atoms with E-state index in [-0.39, 0.29) is 12.2 Å². The maximum absolute atomic E-state index is 11.0. The van der Waals surface area contributed by atoms with Crippen molar-refractivity contribution in [1.82, 2.24) is 9.97 Å². The number of anilines is 2. The zero-order chi connectivity index (χ0) is 24.4. The van der Waals surface area contributed by atoms with Crippen LogP contribution in [0.2, 0.25) is 0 Å². The third-order valence-electron chi connectivity index (χ3n) is 6.84. The van der Waals surface area contributed by atoms with Gasteiger partial charge in [0.1, 0.15) is 23.4 Å². The third-order valence-corrected chi connectivity index (χ3v) is 6.84. The maximum atomic E-state index is 11.0. The van der Waals surface area contributed by atoms with E-state index in [4.69, 9.17) is 14.2 Å². The molecule has 9 heteroatoms. The van der Waals surface area contributed by atoms with Crippen molar-refractivity contribution in [3.8, 4) is 11.6 Å². The lowest BCUT2D eigenvalue weighted by atomic mass is 9.94. The Labute approximate surface area is 206 Å². The van der Waals surface area contributed by atoms with Crippen LogP contribution < -0.4 is 19.3 Å². The number of hydrogen-bond acceptors (Lipinski definition) is 9. The summed E-state index contributed by atoms with van der Waals surface area (Å²) in [6.45, 7) is 3.58. The molecule has 4 heterocycles. The van der Waals surface area contributed by atoms with Crippen LogP contribution in [0.1, 0.15) is 37.9 Å². The molecule has 2 bridgehead atoms. The fraction of sp³-hybridized carbons (Fsp3) is 0.538. The van der Waals surface area contributed by atoms with E-state index in [2.05, 4.69) is 25.9 Å². The summed E-state index contributed by atoms with van der Waals surface area (Å²) in [6.07, 6.45) is 9.22. The number of fused-ring (bicyclic) bond motifs is 2. The number of aldehydes is 1. The van der Waals surface area contributed by atoms with Gasteiger partial charge in [-0.05, 0) is 38.7 Å². The average Bonchev–Trinajstić information content (AvgIpc) is 2.83. The molecule has 1 aliphatic carbocycles. The molecule has 6 rings (SSSR count). The molecule has 35 heavy (non-hydrogen) atoms. The Morgan fingerprint density at radius 2 is 1.80 bits per heavy atom. The number of benzene rings is 1. The number of morpholine rings is 1. The number of aromatic nitrogens is 2. The van der Waals surface area contributed by atoms with Crippen LogP contribution in [0.15, 0.2) is 29.4 Å². The van der Waals surface area contributed by atoms with Gasteiger partial charge < -0.3 is 24.0 Å². The van der Waals surface area contributed by atoms with Crippen LogP contribution in [0, 0.1) is 6.92 Å². The first-order chi connectivity index (χ1) is 17.0. The Morgan fingerprint density at radius 1 is 1.11 bits per heavy atom. The second kappa shape index (κ2) is 10.2. The van der Waals surface area contributed by atoms with Crippen molar-refractivity contribution < 1.29 is 19.0 Å². The molecule has 186 valence electrons. The highest BCUT2D eigenvalue weighted by atomic mass is 16.5. The van der Waals surface area contributed by atoms with Crippen LogP contribution in [-0.2, 0) is 9.53 Å². The molecule has 4 aliphatic rings. The lowest BCUT2D eigenvalue weighted by Gasteiger charge is -2.48. The molecular weight excluding hydrogens is 446 g/mol. The van der Waals surface area contributed by atoms with Gasteiger partial charge in [0.05, 0.1) is 30.2 Å². The molecule has 3 saturated heterocycles. The van der Waals surface area contributed by atoms with Gasteiger partial charge in [-0.25, -0.2) is 4.98 Å². The molecule has 4 fully saturated rings. The van der Waals surface area contributed by atoms with E-state index < -0.39 is 0 Å². The molecular formula is C26H33N5O4. The van der Waals surface area contributed by atoms with E-state index in [1.807, 2.05) is 32.0 Å². The predicted octanol–water partition coefficient (Wildman–Crippen LogP) is 3.50. The van der Waals surface area contributed by atoms with Crippen molar-refractivity contribution in [3.05, 3.63) is 30.2 Å². The molecule has 2 atom stereocenters. The summed E-state index contributed by atoms with van der Waals surface area (Å²) in [6, 6.07) is 5.97. The average molecular weight is 480 g/mol. The zero-order valence-electron chi connectivity index (χ0n) is 20.6. The summed E-state index contributed by atoms with van der Waals surface area (Å²) < 4.78 is 18.5. The molecule has 2 unspecified atom stereocenters. The van der Waals surface area contributed by atoms with Gasteiger partial charge in [-0.1, -0.05) is 0 Å². The second-order valence-corrected chi connectivity index (χ2v) is 9.72. The fourth-order valence-electron chi connectivity index (χ4n) is 5.19. The van der Waals surface area contributed by atoms with E-state index in [9.17, 15) is 4.79 Å². The molecule has 3 aliphatic heterocycles. The quantitative estimate of drug-likeness (QED) is 0.420. The van der Waals surface area contributed by atoms with Gasteiger partial charge in [-0.2, -0.15) is 4.98 Å². The highest BCUT2D eigenvalue weighted by Crippen LogP contribution is 2.44. The Bertz CT molecular complexity index is 1070. The predicted molar refractivity (Wildman–Crippen MR) is 135 cm³/mol. The maximum Gasteiger partial charge on any atom is 0.216 e. The molecule has 2 aromatic rings. The van der Waals surface area contributed by atoms with Gasteiger partial charge in [0.25, 0.3) is 0 Å². The Morgan fingerprint density at radius 3 is 2.43 bits per heavy atom. The highest BCUT2D eigenvalue weighted by molar-refractivity contribution is 6.14. The van der Waals surface area contributed by atoms with Gasteiger partial charge in [0.2, 0.25) is 5.88 Å². The van der Waals surface area contributed by atoms with Crippen molar-refractivity contribution >= 4 is 29.6 Å². The SMILES string of the molecule is Cc1nccc(OC2CCC(Oc3cc(N4CC5CC(C4)O5)cc(N=CC=O)c3N(C)C)CC2)n1. The minimum absolute atomic E-state index is 0.0805. The van der Waals surface area contributed by atoms with Crippen molar-refractivity contribution in [1.29, 1.82) is 0 Å². The van der Waals surface area contributed by atoms with Gasteiger partial charge in [-0.3, -0.25) is 9.79 Å². The largest absolute Gasteiger partial charge is 0.488 e. The standard InChI is InChI=1S/C26H33N5O4/c1-17-27-9-8-25(29-17)35-20-6-4-19(5-7-20)34-24-13-18(31-15-21-14-22(16-31)33-21)12-23(28-10-11-32)26(24)30(2)3/h8-13,19-22H,4-7,14-16H2,1-3H3. The molecule has 1 aromatic heterocycles. The Balaban J connectivity index is 1.32. The number of ether oxygens (including phenoxy) is 3. The summed E-state index contributed by atoms with van der Waals surface area (Å²) in [5.74, 6) is 2.13. The molecule has 9 nitrogen and oxygen atoms in total. The van der Waals surface area contributed by atoms with E-state index in [0.29, 0.717) is 30.2 Å². The summed E-state index contributed by atoms with van der Waals surface area (Å²) in [5.41, 5.74) is 2.66. The fourth-order valence-corrected chi connectivity index (χ4v) is 5.19. The van der Waals surface area contributed by atoms with Crippen molar-refractivity contribution in [2.75, 3.05) is 37.0 Å². The second-order valence-electron chi connectivity index (χ2n) is 9.72. The topological polar surface area (TPSA) is 89.4 Å². The first-order valence-corrected chi connectivity index (χ1v) is 12.3. The van der Waals surface area contributed by atoms with E-state index >= 15 is 0 Å². The number of nitrogens with zero attached hydrogens (tertiary/aromatic N) is 5. The van der Waals surface area contributed by atoms with Crippen LogP contribution >= 0.6 is 0 Å². The van der Waals surface area contributed by atoms with Crippen molar-refractivity contribution in [2.24, 2.45) is 4.99 Å². The van der Waals surface area contributed by atoms with Crippen molar-refractivity contribution in [3.63, 3.8) is 0 Å². The van der Waals surface area contributed by atoms with Gasteiger partial charge >= 0.3 is 0 Å². The zero-order valence-corrected chi connectivity index (χ0v) is 20.6. The van der Waals surface area contributed by atoms with E-state index in [1.54, 1.807) is 12.3 Å². The highest BCUT2D eigenvalue weighted by Gasteiger charge is 2.38. The van der Waals surface area contributed by atoms with Gasteiger partial charge in [-0.15, -0.1) is 0 Å². The Kier molecular flexibility index (Phi) is 6.86. The number of rotatable bonds is 8. The van der Waals surface area contributed by atoms with Crippen LogP contribution in [0.5, 0.6) is 11.6 Å². The number of aliphatic imine (C=N–C) groups is 1. The normalized spacial score (nSPS) is 25.7. The lowest BCUT2D eigenvalue weighted by molar-refractivity contribution is -0.133. The van der Waals surface area contributed by atoms with Crippen LogP contribution in [-0.4, -0.2) is 74.1 Å². The van der Waals surface area contributed by atoms with Crippen LogP contribution in [0.4, 0.5) is 17.1 Å². The summed E-state index contributed by atoms with van der Waals surface area (Å²) in [5, 5.41) is 0. The molecule has 1 aromatic carbocycles. The van der Waals surface area contributed by atoms with Crippen LogP contribution in [0.3, 0.4) is 0 Å². The molecule has 0 radical (unpaired) electrons.